The molecule has 0 unspecified atom stereocenters. The van der Waals surface area contributed by atoms with Gasteiger partial charge in [-0.2, -0.15) is 0 Å². The van der Waals surface area contributed by atoms with Crippen LogP contribution in [-0.2, 0) is 0 Å². The van der Waals surface area contributed by atoms with Crippen molar-refractivity contribution in [3.8, 4) is 5.75 Å². The van der Waals surface area contributed by atoms with Crippen LogP contribution in [0.1, 0.15) is 38.5 Å². The first kappa shape index (κ1) is 12.8. The summed E-state index contributed by atoms with van der Waals surface area (Å²) in [5, 5.41) is 18.3. The molecule has 3 rings (SSSR count). The SMILES string of the molecule is O=[N+]([O-])c1ccc(OC2CCCCCC2)c2nonc12. The molecule has 7 heteroatoms. The van der Waals surface area contributed by atoms with Crippen molar-refractivity contribution in [1.82, 2.24) is 10.3 Å². The average Bonchev–Trinajstić information content (AvgIpc) is 2.78. The van der Waals surface area contributed by atoms with Gasteiger partial charge in [-0.1, -0.05) is 12.8 Å². The Hall–Kier alpha value is -2.18. The quantitative estimate of drug-likeness (QED) is 0.486. The van der Waals surface area contributed by atoms with Gasteiger partial charge in [0, 0.05) is 6.07 Å². The average molecular weight is 277 g/mol. The van der Waals surface area contributed by atoms with Crippen molar-refractivity contribution in [2.24, 2.45) is 0 Å². The Morgan fingerprint density at radius 1 is 1.15 bits per heavy atom. The number of aromatic nitrogens is 2. The summed E-state index contributed by atoms with van der Waals surface area (Å²) in [5.41, 5.74) is 0.346. The van der Waals surface area contributed by atoms with Gasteiger partial charge in [-0.15, -0.1) is 0 Å². The molecule has 1 fully saturated rings. The predicted octanol–water partition coefficient (Wildman–Crippen LogP) is 3.23. The third-order valence-electron chi connectivity index (χ3n) is 3.65. The van der Waals surface area contributed by atoms with E-state index in [0.29, 0.717) is 11.3 Å². The van der Waals surface area contributed by atoms with Crippen molar-refractivity contribution in [3.05, 3.63) is 22.2 Å². The van der Waals surface area contributed by atoms with Crippen molar-refractivity contribution in [2.75, 3.05) is 0 Å². The van der Waals surface area contributed by atoms with Crippen LogP contribution in [0.25, 0.3) is 11.0 Å². The lowest BCUT2D eigenvalue weighted by Gasteiger charge is -2.16. The molecular formula is C13H15N3O4. The molecule has 1 aromatic heterocycles. The fourth-order valence-electron chi connectivity index (χ4n) is 2.61. The minimum Gasteiger partial charge on any atom is -0.488 e. The van der Waals surface area contributed by atoms with Crippen molar-refractivity contribution in [1.29, 1.82) is 0 Å². The summed E-state index contributed by atoms with van der Waals surface area (Å²) in [6, 6.07) is 2.97. The summed E-state index contributed by atoms with van der Waals surface area (Å²) in [6.45, 7) is 0. The summed E-state index contributed by atoms with van der Waals surface area (Å²) in [6.07, 6.45) is 6.92. The molecule has 7 nitrogen and oxygen atoms in total. The van der Waals surface area contributed by atoms with E-state index in [-0.39, 0.29) is 17.3 Å². The Bertz CT molecular complexity index is 617. The lowest BCUT2D eigenvalue weighted by Crippen LogP contribution is -2.15. The van der Waals surface area contributed by atoms with E-state index in [1.165, 1.54) is 18.9 Å². The second-order valence-electron chi connectivity index (χ2n) is 5.03. The topological polar surface area (TPSA) is 91.3 Å². The highest BCUT2D eigenvalue weighted by Crippen LogP contribution is 2.32. The Morgan fingerprint density at radius 2 is 1.85 bits per heavy atom. The van der Waals surface area contributed by atoms with Crippen LogP contribution in [0.15, 0.2) is 16.8 Å². The van der Waals surface area contributed by atoms with Crippen molar-refractivity contribution >= 4 is 16.7 Å². The number of nitrogens with zero attached hydrogens (tertiary/aromatic N) is 3. The summed E-state index contributed by atoms with van der Waals surface area (Å²) in [4.78, 5) is 10.4. The number of fused-ring (bicyclic) bond motifs is 1. The smallest absolute Gasteiger partial charge is 0.301 e. The van der Waals surface area contributed by atoms with Gasteiger partial charge in [0.25, 0.3) is 0 Å². The second kappa shape index (κ2) is 5.44. The second-order valence-corrected chi connectivity index (χ2v) is 5.03. The normalized spacial score (nSPS) is 17.0. The lowest BCUT2D eigenvalue weighted by atomic mass is 10.1. The minimum absolute atomic E-state index is 0.116. The third-order valence-corrected chi connectivity index (χ3v) is 3.65. The maximum absolute atomic E-state index is 10.9. The number of ether oxygens (including phenoxy) is 1. The molecule has 1 aliphatic carbocycles. The fraction of sp³-hybridized carbons (Fsp3) is 0.538. The van der Waals surface area contributed by atoms with Crippen LogP contribution in [0.2, 0.25) is 0 Å². The summed E-state index contributed by atoms with van der Waals surface area (Å²) < 4.78 is 10.6. The monoisotopic (exact) mass is 277 g/mol. The van der Waals surface area contributed by atoms with Crippen LogP contribution in [0.4, 0.5) is 5.69 Å². The minimum atomic E-state index is -0.498. The maximum atomic E-state index is 10.9. The molecule has 0 spiro atoms. The van der Waals surface area contributed by atoms with Crippen LogP contribution in [0, 0.1) is 10.1 Å². The zero-order valence-electron chi connectivity index (χ0n) is 10.9. The zero-order chi connectivity index (χ0) is 13.9. The molecule has 0 atom stereocenters. The van der Waals surface area contributed by atoms with E-state index in [4.69, 9.17) is 4.74 Å². The molecule has 0 aliphatic heterocycles. The van der Waals surface area contributed by atoms with Gasteiger partial charge < -0.3 is 4.74 Å². The first-order valence-electron chi connectivity index (χ1n) is 6.82. The number of nitro benzene ring substituents is 1. The summed E-state index contributed by atoms with van der Waals surface area (Å²) in [5.74, 6) is 0.513. The van der Waals surface area contributed by atoms with Crippen LogP contribution in [0.3, 0.4) is 0 Å². The molecule has 1 aromatic carbocycles. The van der Waals surface area contributed by atoms with E-state index in [1.54, 1.807) is 6.07 Å². The van der Waals surface area contributed by atoms with Gasteiger partial charge in [0.2, 0.25) is 5.52 Å². The zero-order valence-corrected chi connectivity index (χ0v) is 10.9. The fourth-order valence-corrected chi connectivity index (χ4v) is 2.61. The van der Waals surface area contributed by atoms with Gasteiger partial charge in [-0.25, -0.2) is 4.63 Å². The van der Waals surface area contributed by atoms with Crippen molar-refractivity contribution in [3.63, 3.8) is 0 Å². The summed E-state index contributed by atoms with van der Waals surface area (Å²) >= 11 is 0. The number of benzene rings is 1. The number of hydrogen-bond donors (Lipinski definition) is 0. The van der Waals surface area contributed by atoms with Crippen LogP contribution < -0.4 is 4.74 Å². The Kier molecular flexibility index (Phi) is 3.49. The van der Waals surface area contributed by atoms with Gasteiger partial charge in [0.15, 0.2) is 11.3 Å². The molecule has 1 heterocycles. The van der Waals surface area contributed by atoms with Crippen LogP contribution >= 0.6 is 0 Å². The molecule has 20 heavy (non-hydrogen) atoms. The molecular weight excluding hydrogens is 262 g/mol. The molecule has 0 saturated heterocycles. The Labute approximate surface area is 115 Å². The van der Waals surface area contributed by atoms with Crippen molar-refractivity contribution < 1.29 is 14.3 Å². The van der Waals surface area contributed by atoms with Gasteiger partial charge in [-0.3, -0.25) is 10.1 Å². The molecule has 0 N–H and O–H groups in total. The van der Waals surface area contributed by atoms with E-state index in [0.717, 1.165) is 25.7 Å². The number of hydrogen-bond acceptors (Lipinski definition) is 6. The summed E-state index contributed by atoms with van der Waals surface area (Å²) in [7, 11) is 0. The van der Waals surface area contributed by atoms with E-state index >= 15 is 0 Å². The van der Waals surface area contributed by atoms with Crippen LogP contribution in [-0.4, -0.2) is 21.3 Å². The molecule has 1 saturated carbocycles. The molecule has 1 aliphatic rings. The standard InChI is InChI=1S/C13H15N3O4/c17-16(18)10-7-8-11(13-12(10)14-20-15-13)19-9-5-3-1-2-4-6-9/h7-9H,1-6H2. The molecule has 0 amide bonds. The molecule has 0 bridgehead atoms. The van der Waals surface area contributed by atoms with Gasteiger partial charge in [-0.05, 0) is 42.1 Å². The molecule has 0 radical (unpaired) electrons. The largest absolute Gasteiger partial charge is 0.488 e. The van der Waals surface area contributed by atoms with Gasteiger partial charge in [0.1, 0.15) is 0 Å². The van der Waals surface area contributed by atoms with E-state index in [1.807, 2.05) is 0 Å². The Morgan fingerprint density at radius 3 is 2.55 bits per heavy atom. The Balaban J connectivity index is 1.90. The number of nitro groups is 1. The number of rotatable bonds is 3. The van der Waals surface area contributed by atoms with E-state index < -0.39 is 4.92 Å². The first-order valence-corrected chi connectivity index (χ1v) is 6.82. The number of non-ortho nitro benzene ring substituents is 1. The predicted molar refractivity (Wildman–Crippen MR) is 70.6 cm³/mol. The van der Waals surface area contributed by atoms with E-state index in [2.05, 4.69) is 14.9 Å². The van der Waals surface area contributed by atoms with Gasteiger partial charge >= 0.3 is 5.69 Å². The highest BCUT2D eigenvalue weighted by molar-refractivity contribution is 5.88. The third kappa shape index (κ3) is 2.43. The van der Waals surface area contributed by atoms with Crippen molar-refractivity contribution in [2.45, 2.75) is 44.6 Å². The lowest BCUT2D eigenvalue weighted by molar-refractivity contribution is -0.383. The van der Waals surface area contributed by atoms with Crippen LogP contribution in [0.5, 0.6) is 5.75 Å². The van der Waals surface area contributed by atoms with Gasteiger partial charge in [0.05, 0.1) is 11.0 Å². The highest BCUT2D eigenvalue weighted by atomic mass is 16.6. The van der Waals surface area contributed by atoms with E-state index in [9.17, 15) is 10.1 Å². The highest BCUT2D eigenvalue weighted by Gasteiger charge is 2.22. The molecule has 106 valence electrons. The first-order chi connectivity index (χ1) is 9.75. The maximum Gasteiger partial charge on any atom is 0.301 e. The molecule has 2 aromatic rings.